The number of benzene rings is 1. The van der Waals surface area contributed by atoms with E-state index in [-0.39, 0.29) is 28.8 Å². The van der Waals surface area contributed by atoms with E-state index in [1.165, 1.54) is 0 Å². The summed E-state index contributed by atoms with van der Waals surface area (Å²) < 4.78 is 40.3. The fraction of sp³-hybridized carbons (Fsp3) is 0.500. The molecule has 1 aromatic rings. The van der Waals surface area contributed by atoms with Crippen LogP contribution in [0.4, 0.5) is 4.39 Å². The summed E-state index contributed by atoms with van der Waals surface area (Å²) in [6.45, 7) is 1.57. The summed E-state index contributed by atoms with van der Waals surface area (Å²) in [4.78, 5) is 11.2. The molecule has 122 valence electrons. The SMILES string of the molecule is CC(C1CC1)C(NS(=O)(=O)c1ccc(F)c(CN)c1)C(=O)O. The largest absolute Gasteiger partial charge is 0.480 e. The second kappa shape index (κ2) is 6.31. The first-order valence-electron chi connectivity index (χ1n) is 7.00. The molecule has 0 radical (unpaired) electrons. The van der Waals surface area contributed by atoms with Crippen LogP contribution in [0.1, 0.15) is 25.3 Å². The van der Waals surface area contributed by atoms with Crippen LogP contribution in [0.2, 0.25) is 0 Å². The molecule has 0 bridgehead atoms. The van der Waals surface area contributed by atoms with Gasteiger partial charge in [0.25, 0.3) is 0 Å². The minimum Gasteiger partial charge on any atom is -0.480 e. The summed E-state index contributed by atoms with van der Waals surface area (Å²) in [5, 5.41) is 9.27. The van der Waals surface area contributed by atoms with Gasteiger partial charge in [-0.3, -0.25) is 4.79 Å². The highest BCUT2D eigenvalue weighted by atomic mass is 32.2. The molecular weight excluding hydrogens is 311 g/mol. The Morgan fingerprint density at radius 2 is 2.14 bits per heavy atom. The third-order valence-corrected chi connectivity index (χ3v) is 5.43. The standard InChI is InChI=1S/C14H19FN2O4S/c1-8(9-2-3-9)13(14(18)19)17-22(20,21)11-4-5-12(15)10(6-11)7-16/h4-6,8-9,13,17H,2-3,7,16H2,1H3,(H,18,19). The monoisotopic (exact) mass is 330 g/mol. The topological polar surface area (TPSA) is 109 Å². The van der Waals surface area contributed by atoms with Crippen LogP contribution in [0.5, 0.6) is 0 Å². The van der Waals surface area contributed by atoms with Gasteiger partial charge in [0.1, 0.15) is 11.9 Å². The van der Waals surface area contributed by atoms with E-state index in [2.05, 4.69) is 4.72 Å². The minimum atomic E-state index is -4.06. The summed E-state index contributed by atoms with van der Waals surface area (Å²) in [6, 6.07) is 2.02. The number of nitrogens with one attached hydrogen (secondary N) is 1. The van der Waals surface area contributed by atoms with Crippen molar-refractivity contribution < 1.29 is 22.7 Å². The van der Waals surface area contributed by atoms with Gasteiger partial charge in [0.15, 0.2) is 0 Å². The number of halogens is 1. The molecule has 4 N–H and O–H groups in total. The summed E-state index contributed by atoms with van der Waals surface area (Å²) in [5.41, 5.74) is 5.42. The minimum absolute atomic E-state index is 0.0602. The van der Waals surface area contributed by atoms with E-state index < -0.39 is 27.9 Å². The third-order valence-electron chi connectivity index (χ3n) is 3.99. The van der Waals surface area contributed by atoms with Crippen LogP contribution < -0.4 is 10.5 Å². The second-order valence-electron chi connectivity index (χ2n) is 5.59. The number of carbonyl (C=O) groups is 1. The molecule has 0 saturated heterocycles. The molecule has 1 fully saturated rings. The van der Waals surface area contributed by atoms with Crippen LogP contribution in [0.25, 0.3) is 0 Å². The van der Waals surface area contributed by atoms with Gasteiger partial charge in [-0.2, -0.15) is 4.72 Å². The Labute approximate surface area is 128 Å². The average molecular weight is 330 g/mol. The second-order valence-corrected chi connectivity index (χ2v) is 7.31. The lowest BCUT2D eigenvalue weighted by molar-refractivity contribution is -0.140. The van der Waals surface area contributed by atoms with Crippen LogP contribution in [0.3, 0.4) is 0 Å². The van der Waals surface area contributed by atoms with Crippen LogP contribution in [0, 0.1) is 17.7 Å². The lowest BCUT2D eigenvalue weighted by Gasteiger charge is -2.21. The summed E-state index contributed by atoms with van der Waals surface area (Å²) in [5.74, 6) is -1.90. The number of nitrogens with two attached hydrogens (primary N) is 1. The molecule has 8 heteroatoms. The molecule has 0 heterocycles. The highest BCUT2D eigenvalue weighted by Gasteiger charge is 2.39. The lowest BCUT2D eigenvalue weighted by atomic mass is 9.98. The van der Waals surface area contributed by atoms with E-state index >= 15 is 0 Å². The van der Waals surface area contributed by atoms with Gasteiger partial charge in [-0.15, -0.1) is 0 Å². The number of rotatable bonds is 7. The van der Waals surface area contributed by atoms with Crippen molar-refractivity contribution in [2.24, 2.45) is 17.6 Å². The maximum Gasteiger partial charge on any atom is 0.322 e. The Morgan fingerprint density at radius 3 is 2.64 bits per heavy atom. The van der Waals surface area contributed by atoms with Crippen LogP contribution >= 0.6 is 0 Å². The van der Waals surface area contributed by atoms with Crippen molar-refractivity contribution in [1.29, 1.82) is 0 Å². The molecule has 2 unspecified atom stereocenters. The molecule has 1 saturated carbocycles. The van der Waals surface area contributed by atoms with Gasteiger partial charge in [0.05, 0.1) is 4.90 Å². The van der Waals surface area contributed by atoms with Gasteiger partial charge < -0.3 is 10.8 Å². The Balaban J connectivity index is 2.27. The van der Waals surface area contributed by atoms with Crippen molar-refractivity contribution in [3.8, 4) is 0 Å². The van der Waals surface area contributed by atoms with E-state index in [0.29, 0.717) is 0 Å². The van der Waals surface area contributed by atoms with Crippen LogP contribution in [-0.2, 0) is 21.4 Å². The average Bonchev–Trinajstić information content (AvgIpc) is 3.28. The van der Waals surface area contributed by atoms with Crippen molar-refractivity contribution in [2.75, 3.05) is 0 Å². The molecular formula is C14H19FN2O4S. The van der Waals surface area contributed by atoms with Gasteiger partial charge in [-0.05, 0) is 42.9 Å². The Morgan fingerprint density at radius 1 is 1.50 bits per heavy atom. The number of hydrogen-bond acceptors (Lipinski definition) is 4. The summed E-state index contributed by atoms with van der Waals surface area (Å²) >= 11 is 0. The van der Waals surface area contributed by atoms with Crippen LogP contribution in [-0.4, -0.2) is 25.5 Å². The Bertz CT molecular complexity index is 673. The number of sulfonamides is 1. The normalized spacial score (nSPS) is 18.0. The molecule has 0 spiro atoms. The maximum absolute atomic E-state index is 13.4. The lowest BCUT2D eigenvalue weighted by Crippen LogP contribution is -2.45. The Hall–Kier alpha value is -1.51. The molecule has 0 amide bonds. The number of carboxylic acids is 1. The van der Waals surface area contributed by atoms with E-state index in [4.69, 9.17) is 5.73 Å². The van der Waals surface area contributed by atoms with E-state index in [0.717, 1.165) is 31.0 Å². The van der Waals surface area contributed by atoms with E-state index in [1.807, 2.05) is 0 Å². The first-order chi connectivity index (χ1) is 10.3. The summed E-state index contributed by atoms with van der Waals surface area (Å²) in [7, 11) is -4.06. The smallest absolute Gasteiger partial charge is 0.322 e. The van der Waals surface area contributed by atoms with Crippen molar-refractivity contribution in [3.63, 3.8) is 0 Å². The number of hydrogen-bond donors (Lipinski definition) is 3. The molecule has 1 aromatic carbocycles. The van der Waals surface area contributed by atoms with E-state index in [1.54, 1.807) is 6.92 Å². The maximum atomic E-state index is 13.4. The fourth-order valence-corrected chi connectivity index (χ4v) is 3.72. The highest BCUT2D eigenvalue weighted by molar-refractivity contribution is 7.89. The highest BCUT2D eigenvalue weighted by Crippen LogP contribution is 2.38. The molecule has 0 aliphatic heterocycles. The quantitative estimate of drug-likeness (QED) is 0.692. The Kier molecular flexibility index (Phi) is 4.84. The fourth-order valence-electron chi connectivity index (χ4n) is 2.39. The summed E-state index contributed by atoms with van der Waals surface area (Å²) in [6.07, 6.45) is 1.81. The van der Waals surface area contributed by atoms with Crippen molar-refractivity contribution >= 4 is 16.0 Å². The zero-order valence-corrected chi connectivity index (χ0v) is 12.9. The molecule has 1 aliphatic carbocycles. The van der Waals surface area contributed by atoms with E-state index in [9.17, 15) is 22.7 Å². The van der Waals surface area contributed by atoms with Crippen molar-refractivity contribution in [2.45, 2.75) is 37.2 Å². The van der Waals surface area contributed by atoms with Crippen molar-refractivity contribution in [1.82, 2.24) is 4.72 Å². The van der Waals surface area contributed by atoms with Gasteiger partial charge >= 0.3 is 5.97 Å². The molecule has 6 nitrogen and oxygen atoms in total. The number of aliphatic carboxylic acids is 1. The first kappa shape index (κ1) is 16.9. The first-order valence-corrected chi connectivity index (χ1v) is 8.48. The molecule has 22 heavy (non-hydrogen) atoms. The van der Waals surface area contributed by atoms with Gasteiger partial charge in [0.2, 0.25) is 10.0 Å². The zero-order valence-electron chi connectivity index (χ0n) is 12.1. The predicted molar refractivity (Wildman–Crippen MR) is 77.9 cm³/mol. The molecule has 2 rings (SSSR count). The third kappa shape index (κ3) is 3.63. The zero-order chi connectivity index (χ0) is 16.5. The predicted octanol–water partition coefficient (Wildman–Crippen LogP) is 1.06. The van der Waals surface area contributed by atoms with Crippen molar-refractivity contribution in [3.05, 3.63) is 29.6 Å². The number of carboxylic acid groups (broad SMARTS) is 1. The molecule has 1 aliphatic rings. The van der Waals surface area contributed by atoms with Gasteiger partial charge in [-0.25, -0.2) is 12.8 Å². The molecule has 0 aromatic heterocycles. The van der Waals surface area contributed by atoms with Crippen LogP contribution in [0.15, 0.2) is 23.1 Å². The van der Waals surface area contributed by atoms with Gasteiger partial charge in [0, 0.05) is 12.1 Å². The molecule has 2 atom stereocenters. The van der Waals surface area contributed by atoms with Gasteiger partial charge in [-0.1, -0.05) is 6.92 Å².